The summed E-state index contributed by atoms with van der Waals surface area (Å²) in [5.74, 6) is 0.411. The summed E-state index contributed by atoms with van der Waals surface area (Å²) in [5.41, 5.74) is -0.0806. The molecule has 2 rings (SSSR count). The molecule has 0 spiro atoms. The number of ether oxygens (including phenoxy) is 1. The monoisotopic (exact) mass is 212 g/mol. The summed E-state index contributed by atoms with van der Waals surface area (Å²) in [4.78, 5) is 12.0. The van der Waals surface area contributed by atoms with E-state index in [9.17, 15) is 4.79 Å². The Morgan fingerprint density at radius 1 is 1.60 bits per heavy atom. The number of amides is 1. The molecule has 0 aliphatic carbocycles. The van der Waals surface area contributed by atoms with Gasteiger partial charge in [-0.2, -0.15) is 0 Å². The van der Waals surface area contributed by atoms with Gasteiger partial charge >= 0.3 is 0 Å². The molecule has 2 heterocycles. The van der Waals surface area contributed by atoms with Gasteiger partial charge in [-0.3, -0.25) is 4.79 Å². The van der Waals surface area contributed by atoms with Crippen LogP contribution < -0.4 is 10.6 Å². The van der Waals surface area contributed by atoms with Gasteiger partial charge in [0.1, 0.15) is 6.10 Å². The molecular formula is C11H20N2O2. The zero-order valence-electron chi connectivity index (χ0n) is 9.51. The lowest BCUT2D eigenvalue weighted by atomic mass is 9.98. The van der Waals surface area contributed by atoms with E-state index in [1.807, 2.05) is 0 Å². The van der Waals surface area contributed by atoms with Crippen LogP contribution in [0.1, 0.15) is 26.7 Å². The fourth-order valence-corrected chi connectivity index (χ4v) is 2.32. The molecule has 2 fully saturated rings. The number of hydrogen-bond acceptors (Lipinski definition) is 3. The Balaban J connectivity index is 1.91. The Morgan fingerprint density at radius 2 is 2.40 bits per heavy atom. The molecule has 0 radical (unpaired) electrons. The molecule has 2 N–H and O–H groups in total. The van der Waals surface area contributed by atoms with Crippen LogP contribution in [0.5, 0.6) is 0 Å². The largest absolute Gasteiger partial charge is 0.368 e. The second-order valence-corrected chi connectivity index (χ2v) is 5.03. The lowest BCUT2D eigenvalue weighted by Gasteiger charge is -2.27. The summed E-state index contributed by atoms with van der Waals surface area (Å²) in [5, 5.41) is 6.37. The second-order valence-electron chi connectivity index (χ2n) is 5.03. The molecule has 4 heteroatoms. The molecule has 4 nitrogen and oxygen atoms in total. The van der Waals surface area contributed by atoms with Crippen molar-refractivity contribution in [3.05, 3.63) is 0 Å². The van der Waals surface area contributed by atoms with Gasteiger partial charge in [0.2, 0.25) is 5.91 Å². The van der Waals surface area contributed by atoms with Crippen molar-refractivity contribution in [3.8, 4) is 0 Å². The quantitative estimate of drug-likeness (QED) is 0.691. The van der Waals surface area contributed by atoms with Crippen molar-refractivity contribution in [1.82, 2.24) is 10.6 Å². The first-order valence-corrected chi connectivity index (χ1v) is 5.75. The highest BCUT2D eigenvalue weighted by Crippen LogP contribution is 2.22. The van der Waals surface area contributed by atoms with Gasteiger partial charge in [0.05, 0.1) is 5.54 Å². The van der Waals surface area contributed by atoms with Crippen LogP contribution in [0, 0.1) is 5.92 Å². The highest BCUT2D eigenvalue weighted by Gasteiger charge is 2.36. The standard InChI is InChI=1S/C11H20N2O2/c1-8-3-6-15-9(8)10(14)13-11(2)4-5-12-7-11/h8-9,12H,3-7H2,1-2H3,(H,13,14). The minimum Gasteiger partial charge on any atom is -0.368 e. The summed E-state index contributed by atoms with van der Waals surface area (Å²) in [6, 6.07) is 0. The van der Waals surface area contributed by atoms with Crippen LogP contribution in [0.25, 0.3) is 0 Å². The molecule has 0 saturated carbocycles. The van der Waals surface area contributed by atoms with Crippen molar-refractivity contribution in [3.63, 3.8) is 0 Å². The average molecular weight is 212 g/mol. The Kier molecular flexibility index (Phi) is 2.98. The maximum atomic E-state index is 12.0. The molecular weight excluding hydrogens is 192 g/mol. The van der Waals surface area contributed by atoms with Crippen LogP contribution in [0.3, 0.4) is 0 Å². The van der Waals surface area contributed by atoms with Gasteiger partial charge in [-0.25, -0.2) is 0 Å². The van der Waals surface area contributed by atoms with Gasteiger partial charge in [0.15, 0.2) is 0 Å². The molecule has 0 aromatic carbocycles. The fourth-order valence-electron chi connectivity index (χ4n) is 2.32. The molecule has 2 aliphatic heterocycles. The van der Waals surface area contributed by atoms with Crippen molar-refractivity contribution >= 4 is 5.91 Å². The molecule has 2 saturated heterocycles. The van der Waals surface area contributed by atoms with Crippen molar-refractivity contribution in [2.45, 2.75) is 38.3 Å². The van der Waals surface area contributed by atoms with E-state index in [2.05, 4.69) is 24.5 Å². The zero-order valence-corrected chi connectivity index (χ0v) is 9.51. The molecule has 0 bridgehead atoms. The van der Waals surface area contributed by atoms with Crippen molar-refractivity contribution < 1.29 is 9.53 Å². The van der Waals surface area contributed by atoms with Crippen molar-refractivity contribution in [2.24, 2.45) is 5.92 Å². The van der Waals surface area contributed by atoms with Gasteiger partial charge < -0.3 is 15.4 Å². The summed E-state index contributed by atoms with van der Waals surface area (Å²) in [7, 11) is 0. The summed E-state index contributed by atoms with van der Waals surface area (Å²) in [6.45, 7) is 6.73. The van der Waals surface area contributed by atoms with Crippen LogP contribution in [0.4, 0.5) is 0 Å². The van der Waals surface area contributed by atoms with Crippen molar-refractivity contribution in [1.29, 1.82) is 0 Å². The van der Waals surface area contributed by atoms with E-state index in [-0.39, 0.29) is 17.6 Å². The predicted octanol–water partition coefficient (Wildman–Crippen LogP) is 0.280. The van der Waals surface area contributed by atoms with E-state index >= 15 is 0 Å². The first-order chi connectivity index (χ1) is 7.11. The van der Waals surface area contributed by atoms with Crippen LogP contribution in [-0.4, -0.2) is 37.2 Å². The Hall–Kier alpha value is -0.610. The third-order valence-electron chi connectivity index (χ3n) is 3.44. The zero-order chi connectivity index (χ0) is 10.9. The van der Waals surface area contributed by atoms with E-state index in [0.717, 1.165) is 25.9 Å². The first-order valence-electron chi connectivity index (χ1n) is 5.75. The predicted molar refractivity (Wildman–Crippen MR) is 57.6 cm³/mol. The molecule has 0 aromatic rings. The molecule has 3 atom stereocenters. The molecule has 15 heavy (non-hydrogen) atoms. The van der Waals surface area contributed by atoms with E-state index in [0.29, 0.717) is 12.5 Å². The molecule has 2 aliphatic rings. The molecule has 0 aromatic heterocycles. The number of nitrogens with one attached hydrogen (secondary N) is 2. The van der Waals surface area contributed by atoms with Crippen LogP contribution in [0.15, 0.2) is 0 Å². The number of rotatable bonds is 2. The fraction of sp³-hybridized carbons (Fsp3) is 0.909. The van der Waals surface area contributed by atoms with E-state index < -0.39 is 0 Å². The van der Waals surface area contributed by atoms with E-state index in [1.165, 1.54) is 0 Å². The summed E-state index contributed by atoms with van der Waals surface area (Å²) >= 11 is 0. The van der Waals surface area contributed by atoms with Gasteiger partial charge in [-0.15, -0.1) is 0 Å². The van der Waals surface area contributed by atoms with Gasteiger partial charge in [0, 0.05) is 13.2 Å². The van der Waals surface area contributed by atoms with Gasteiger partial charge in [0.25, 0.3) is 0 Å². The molecule has 1 amide bonds. The summed E-state index contributed by atoms with van der Waals surface area (Å²) < 4.78 is 5.45. The summed E-state index contributed by atoms with van der Waals surface area (Å²) in [6.07, 6.45) is 1.76. The highest BCUT2D eigenvalue weighted by atomic mass is 16.5. The maximum absolute atomic E-state index is 12.0. The van der Waals surface area contributed by atoms with Crippen LogP contribution in [0.2, 0.25) is 0 Å². The second kappa shape index (κ2) is 4.10. The molecule has 3 unspecified atom stereocenters. The lowest BCUT2D eigenvalue weighted by molar-refractivity contribution is -0.133. The average Bonchev–Trinajstić information content (AvgIpc) is 2.74. The minimum absolute atomic E-state index is 0.0613. The number of hydrogen-bond donors (Lipinski definition) is 2. The lowest BCUT2D eigenvalue weighted by Crippen LogP contribution is -2.51. The SMILES string of the molecule is CC1CCOC1C(=O)NC1(C)CCNC1. The highest BCUT2D eigenvalue weighted by molar-refractivity contribution is 5.82. The van der Waals surface area contributed by atoms with E-state index in [1.54, 1.807) is 0 Å². The topological polar surface area (TPSA) is 50.4 Å². The Labute approximate surface area is 90.8 Å². The van der Waals surface area contributed by atoms with Crippen LogP contribution >= 0.6 is 0 Å². The smallest absolute Gasteiger partial charge is 0.249 e. The van der Waals surface area contributed by atoms with Gasteiger partial charge in [-0.05, 0) is 32.2 Å². The van der Waals surface area contributed by atoms with Crippen molar-refractivity contribution in [2.75, 3.05) is 19.7 Å². The van der Waals surface area contributed by atoms with Gasteiger partial charge in [-0.1, -0.05) is 6.92 Å². The van der Waals surface area contributed by atoms with E-state index in [4.69, 9.17) is 4.74 Å². The third kappa shape index (κ3) is 2.32. The Bertz CT molecular complexity index is 249. The number of carbonyl (C=O) groups excluding carboxylic acids is 1. The number of carbonyl (C=O) groups is 1. The van der Waals surface area contributed by atoms with Crippen LogP contribution in [-0.2, 0) is 9.53 Å². The molecule has 86 valence electrons. The third-order valence-corrected chi connectivity index (χ3v) is 3.44. The Morgan fingerprint density at radius 3 is 2.93 bits per heavy atom. The maximum Gasteiger partial charge on any atom is 0.249 e. The normalized spacial score (nSPS) is 40.7. The minimum atomic E-state index is -0.234. The first kappa shape index (κ1) is 10.9.